The van der Waals surface area contributed by atoms with Crippen molar-refractivity contribution < 1.29 is 9.53 Å². The van der Waals surface area contributed by atoms with E-state index in [9.17, 15) is 4.79 Å². The molecular formula is C11H16N4O2. The van der Waals surface area contributed by atoms with Crippen LogP contribution in [-0.4, -0.2) is 19.1 Å². The third-order valence-electron chi connectivity index (χ3n) is 2.88. The van der Waals surface area contributed by atoms with Gasteiger partial charge < -0.3 is 4.74 Å². The Kier molecular flexibility index (Phi) is 3.58. The summed E-state index contributed by atoms with van der Waals surface area (Å²) in [6.07, 6.45) is 0.662. The van der Waals surface area contributed by atoms with Gasteiger partial charge in [0.15, 0.2) is 0 Å². The minimum absolute atomic E-state index is 0.100. The van der Waals surface area contributed by atoms with Crippen molar-refractivity contribution >= 4 is 5.91 Å². The lowest BCUT2D eigenvalue weighted by atomic mass is 10.0. The monoisotopic (exact) mass is 236 g/mol. The summed E-state index contributed by atoms with van der Waals surface area (Å²) in [6.45, 7) is 0. The number of methoxy groups -OCH3 is 1. The Morgan fingerprint density at radius 1 is 1.41 bits per heavy atom. The highest BCUT2D eigenvalue weighted by atomic mass is 16.5. The third-order valence-corrected chi connectivity index (χ3v) is 2.88. The number of rotatable bonds is 3. The molecule has 0 saturated carbocycles. The van der Waals surface area contributed by atoms with E-state index in [4.69, 9.17) is 10.6 Å². The Labute approximate surface area is 99.5 Å². The standard InChI is InChI=1S/C11H16N4O2/c1-17-8-4-2-7(3-5-8)9-6-10(15-14-9)11(16)13-12/h2-5,9-10,14-15H,6,12H2,1H3,(H,13,16). The third kappa shape index (κ3) is 2.55. The number of benzene rings is 1. The molecule has 2 rings (SSSR count). The van der Waals surface area contributed by atoms with E-state index < -0.39 is 0 Å². The molecule has 92 valence electrons. The van der Waals surface area contributed by atoms with Crippen LogP contribution in [0.4, 0.5) is 0 Å². The first kappa shape index (κ1) is 11.8. The van der Waals surface area contributed by atoms with E-state index >= 15 is 0 Å². The van der Waals surface area contributed by atoms with Crippen molar-refractivity contribution in [2.24, 2.45) is 5.84 Å². The van der Waals surface area contributed by atoms with Gasteiger partial charge in [0.2, 0.25) is 0 Å². The molecule has 6 nitrogen and oxygen atoms in total. The molecule has 1 aromatic rings. The molecule has 5 N–H and O–H groups in total. The summed E-state index contributed by atoms with van der Waals surface area (Å²) in [5.41, 5.74) is 9.22. The molecule has 0 radical (unpaired) electrons. The van der Waals surface area contributed by atoms with Gasteiger partial charge in [-0.2, -0.15) is 0 Å². The van der Waals surface area contributed by atoms with E-state index in [0.717, 1.165) is 11.3 Å². The first-order valence-corrected chi connectivity index (χ1v) is 5.40. The van der Waals surface area contributed by atoms with Gasteiger partial charge in [-0.05, 0) is 24.1 Å². The first-order valence-electron chi connectivity index (χ1n) is 5.40. The molecule has 1 heterocycles. The van der Waals surface area contributed by atoms with Crippen LogP contribution in [0.15, 0.2) is 24.3 Å². The van der Waals surface area contributed by atoms with Crippen molar-refractivity contribution in [1.82, 2.24) is 16.3 Å². The second kappa shape index (κ2) is 5.13. The van der Waals surface area contributed by atoms with Gasteiger partial charge in [-0.1, -0.05) is 12.1 Å². The Balaban J connectivity index is 2.02. The largest absolute Gasteiger partial charge is 0.497 e. The number of ether oxygens (including phenoxy) is 1. The van der Waals surface area contributed by atoms with Gasteiger partial charge in [0.1, 0.15) is 11.8 Å². The molecule has 1 aliphatic heterocycles. The summed E-state index contributed by atoms with van der Waals surface area (Å²) < 4.78 is 5.09. The highest BCUT2D eigenvalue weighted by Crippen LogP contribution is 2.24. The molecule has 1 fully saturated rings. The van der Waals surface area contributed by atoms with E-state index in [2.05, 4.69) is 16.3 Å². The van der Waals surface area contributed by atoms with Crippen LogP contribution >= 0.6 is 0 Å². The zero-order chi connectivity index (χ0) is 12.3. The molecule has 1 aliphatic rings. The maximum atomic E-state index is 11.3. The number of amides is 1. The van der Waals surface area contributed by atoms with Gasteiger partial charge in [0.25, 0.3) is 5.91 Å². The Morgan fingerprint density at radius 3 is 2.71 bits per heavy atom. The Morgan fingerprint density at radius 2 is 2.12 bits per heavy atom. The molecule has 2 unspecified atom stereocenters. The van der Waals surface area contributed by atoms with Crippen LogP contribution in [0.3, 0.4) is 0 Å². The van der Waals surface area contributed by atoms with Gasteiger partial charge in [0, 0.05) is 6.04 Å². The maximum Gasteiger partial charge on any atom is 0.252 e. The SMILES string of the molecule is COc1ccc(C2CC(C(=O)NN)NN2)cc1. The molecule has 0 aromatic heterocycles. The second-order valence-electron chi connectivity index (χ2n) is 3.91. The van der Waals surface area contributed by atoms with Crippen LogP contribution in [0.1, 0.15) is 18.0 Å². The molecule has 1 aromatic carbocycles. The molecule has 0 bridgehead atoms. The van der Waals surface area contributed by atoms with E-state index in [1.54, 1.807) is 7.11 Å². The zero-order valence-corrected chi connectivity index (χ0v) is 9.57. The quantitative estimate of drug-likeness (QED) is 0.325. The summed E-state index contributed by atoms with van der Waals surface area (Å²) in [5, 5.41) is 0. The van der Waals surface area contributed by atoms with E-state index in [0.29, 0.717) is 6.42 Å². The molecule has 0 spiro atoms. The molecule has 1 amide bonds. The van der Waals surface area contributed by atoms with Crippen LogP contribution in [0.2, 0.25) is 0 Å². The van der Waals surface area contributed by atoms with Gasteiger partial charge in [-0.3, -0.25) is 10.2 Å². The number of hydrogen-bond acceptors (Lipinski definition) is 5. The number of carbonyl (C=O) groups is 1. The highest BCUT2D eigenvalue weighted by Gasteiger charge is 2.29. The molecule has 17 heavy (non-hydrogen) atoms. The van der Waals surface area contributed by atoms with Gasteiger partial charge in [-0.15, -0.1) is 0 Å². The van der Waals surface area contributed by atoms with Crippen LogP contribution < -0.4 is 26.9 Å². The topological polar surface area (TPSA) is 88.4 Å². The lowest BCUT2D eigenvalue weighted by molar-refractivity contribution is -0.122. The van der Waals surface area contributed by atoms with Crippen molar-refractivity contribution in [2.45, 2.75) is 18.5 Å². The predicted molar refractivity (Wildman–Crippen MR) is 62.7 cm³/mol. The van der Waals surface area contributed by atoms with Crippen molar-refractivity contribution in [3.63, 3.8) is 0 Å². The van der Waals surface area contributed by atoms with Crippen LogP contribution in [0, 0.1) is 0 Å². The predicted octanol–water partition coefficient (Wildman–Crippen LogP) is -0.407. The highest BCUT2D eigenvalue weighted by molar-refractivity contribution is 5.81. The lowest BCUT2D eigenvalue weighted by Gasteiger charge is -2.10. The Hall–Kier alpha value is -1.63. The lowest BCUT2D eigenvalue weighted by Crippen LogP contribution is -2.45. The molecule has 6 heteroatoms. The molecular weight excluding hydrogens is 220 g/mol. The van der Waals surface area contributed by atoms with Gasteiger partial charge >= 0.3 is 0 Å². The van der Waals surface area contributed by atoms with Crippen molar-refractivity contribution in [3.05, 3.63) is 29.8 Å². The zero-order valence-electron chi connectivity index (χ0n) is 9.57. The normalized spacial score (nSPS) is 23.4. The summed E-state index contributed by atoms with van der Waals surface area (Å²) in [6, 6.07) is 7.54. The molecule has 1 saturated heterocycles. The number of carbonyl (C=O) groups excluding carboxylic acids is 1. The van der Waals surface area contributed by atoms with Crippen LogP contribution in [0.5, 0.6) is 5.75 Å². The van der Waals surface area contributed by atoms with Crippen molar-refractivity contribution in [3.8, 4) is 5.75 Å². The van der Waals surface area contributed by atoms with Crippen LogP contribution in [0.25, 0.3) is 0 Å². The average molecular weight is 236 g/mol. The Bertz CT molecular complexity index is 393. The second-order valence-corrected chi connectivity index (χ2v) is 3.91. The fraction of sp³-hybridized carbons (Fsp3) is 0.364. The van der Waals surface area contributed by atoms with Gasteiger partial charge in [0.05, 0.1) is 7.11 Å². The van der Waals surface area contributed by atoms with E-state index in [-0.39, 0.29) is 18.0 Å². The maximum absolute atomic E-state index is 11.3. The molecule has 2 atom stereocenters. The fourth-order valence-corrected chi connectivity index (χ4v) is 1.88. The number of nitrogens with two attached hydrogens (primary N) is 1. The van der Waals surface area contributed by atoms with E-state index in [1.165, 1.54) is 0 Å². The summed E-state index contributed by atoms with van der Waals surface area (Å²) >= 11 is 0. The average Bonchev–Trinajstić information content (AvgIpc) is 2.87. The van der Waals surface area contributed by atoms with Crippen molar-refractivity contribution in [2.75, 3.05) is 7.11 Å². The summed E-state index contributed by atoms with van der Waals surface area (Å²) in [5.74, 6) is 5.69. The smallest absolute Gasteiger partial charge is 0.252 e. The van der Waals surface area contributed by atoms with E-state index in [1.807, 2.05) is 24.3 Å². The first-order chi connectivity index (χ1) is 8.24. The minimum atomic E-state index is -0.299. The fourth-order valence-electron chi connectivity index (χ4n) is 1.88. The number of hydrogen-bond donors (Lipinski definition) is 4. The number of nitrogens with one attached hydrogen (secondary N) is 3. The summed E-state index contributed by atoms with van der Waals surface area (Å²) in [4.78, 5) is 11.3. The molecule has 0 aliphatic carbocycles. The minimum Gasteiger partial charge on any atom is -0.497 e. The summed E-state index contributed by atoms with van der Waals surface area (Å²) in [7, 11) is 1.63. The van der Waals surface area contributed by atoms with Gasteiger partial charge in [-0.25, -0.2) is 16.7 Å². The van der Waals surface area contributed by atoms with Crippen LogP contribution in [-0.2, 0) is 4.79 Å². The number of hydrazine groups is 2. The van der Waals surface area contributed by atoms with Crippen molar-refractivity contribution in [1.29, 1.82) is 0 Å².